The van der Waals surface area contributed by atoms with Gasteiger partial charge in [-0.25, -0.2) is 0 Å². The molecule has 3 nitrogen and oxygen atoms in total. The van der Waals surface area contributed by atoms with Crippen LogP contribution in [0.25, 0.3) is 0 Å². The van der Waals surface area contributed by atoms with Crippen LogP contribution < -0.4 is 5.73 Å². The highest BCUT2D eigenvalue weighted by Crippen LogP contribution is 2.21. The summed E-state index contributed by atoms with van der Waals surface area (Å²) in [7, 11) is 0. The van der Waals surface area contributed by atoms with E-state index in [0.717, 1.165) is 18.4 Å². The zero-order chi connectivity index (χ0) is 10.6. The topological polar surface area (TPSA) is 66.5 Å². The first kappa shape index (κ1) is 10.9. The number of aliphatic hydroxyl groups excluding tert-OH is 1. The maximum atomic E-state index is 9.56. The molecule has 1 unspecified atom stereocenters. The van der Waals surface area contributed by atoms with Crippen molar-refractivity contribution >= 4 is 5.69 Å². The molecule has 4 N–H and O–H groups in total. The Labute approximate surface area is 84.2 Å². The van der Waals surface area contributed by atoms with Crippen molar-refractivity contribution in [3.8, 4) is 5.75 Å². The Morgan fingerprint density at radius 3 is 2.71 bits per heavy atom. The van der Waals surface area contributed by atoms with Crippen molar-refractivity contribution in [3.05, 3.63) is 23.8 Å². The minimum Gasteiger partial charge on any atom is -0.506 e. The van der Waals surface area contributed by atoms with Gasteiger partial charge in [-0.3, -0.25) is 0 Å². The van der Waals surface area contributed by atoms with Crippen molar-refractivity contribution in [2.24, 2.45) is 0 Å². The van der Waals surface area contributed by atoms with Gasteiger partial charge in [-0.15, -0.1) is 0 Å². The average Bonchev–Trinajstić information content (AvgIpc) is 2.12. The van der Waals surface area contributed by atoms with Gasteiger partial charge in [0.2, 0.25) is 0 Å². The van der Waals surface area contributed by atoms with E-state index in [2.05, 4.69) is 0 Å². The molecule has 78 valence electrons. The molecule has 0 spiro atoms. The second-order valence-electron chi connectivity index (χ2n) is 3.54. The van der Waals surface area contributed by atoms with Crippen LogP contribution in [-0.4, -0.2) is 16.3 Å². The van der Waals surface area contributed by atoms with E-state index in [1.807, 2.05) is 6.92 Å². The standard InChI is InChI=1S/C11H17NO2/c1-2-3-9(13)6-8-4-5-11(14)10(12)7-8/h4-5,7,9,13-14H,2-3,6,12H2,1H3. The van der Waals surface area contributed by atoms with E-state index < -0.39 is 0 Å². The summed E-state index contributed by atoms with van der Waals surface area (Å²) in [4.78, 5) is 0. The van der Waals surface area contributed by atoms with Crippen LogP contribution in [0.5, 0.6) is 5.75 Å². The van der Waals surface area contributed by atoms with Gasteiger partial charge >= 0.3 is 0 Å². The van der Waals surface area contributed by atoms with Crippen molar-refractivity contribution < 1.29 is 10.2 Å². The maximum absolute atomic E-state index is 9.56. The molecule has 1 atom stereocenters. The Morgan fingerprint density at radius 1 is 1.43 bits per heavy atom. The quantitative estimate of drug-likeness (QED) is 0.506. The van der Waals surface area contributed by atoms with E-state index in [1.54, 1.807) is 18.2 Å². The molecule has 1 rings (SSSR count). The molecule has 0 amide bonds. The molecule has 0 fully saturated rings. The molecule has 1 aromatic rings. The van der Waals surface area contributed by atoms with Crippen molar-refractivity contribution in [2.45, 2.75) is 32.3 Å². The number of anilines is 1. The second-order valence-corrected chi connectivity index (χ2v) is 3.54. The predicted octanol–water partition coefficient (Wildman–Crippen LogP) is 1.68. The monoisotopic (exact) mass is 195 g/mol. The molecule has 0 saturated carbocycles. The van der Waals surface area contributed by atoms with Gasteiger partial charge in [-0.1, -0.05) is 19.4 Å². The van der Waals surface area contributed by atoms with Gasteiger partial charge in [0.15, 0.2) is 0 Å². The highest BCUT2D eigenvalue weighted by Gasteiger charge is 2.05. The first-order valence-corrected chi connectivity index (χ1v) is 4.89. The van der Waals surface area contributed by atoms with Gasteiger partial charge in [0, 0.05) is 0 Å². The largest absolute Gasteiger partial charge is 0.506 e. The molecule has 0 aliphatic rings. The number of aromatic hydroxyl groups is 1. The van der Waals surface area contributed by atoms with E-state index in [9.17, 15) is 10.2 Å². The van der Waals surface area contributed by atoms with Crippen molar-refractivity contribution in [3.63, 3.8) is 0 Å². The second kappa shape index (κ2) is 4.86. The lowest BCUT2D eigenvalue weighted by Crippen LogP contribution is -2.09. The molecule has 0 aliphatic heterocycles. The summed E-state index contributed by atoms with van der Waals surface area (Å²) in [5.41, 5.74) is 6.87. The number of hydrogen-bond donors (Lipinski definition) is 3. The fourth-order valence-corrected chi connectivity index (χ4v) is 1.44. The third-order valence-corrected chi connectivity index (χ3v) is 2.19. The van der Waals surface area contributed by atoms with E-state index in [4.69, 9.17) is 5.73 Å². The van der Waals surface area contributed by atoms with Crippen LogP contribution in [0.2, 0.25) is 0 Å². The average molecular weight is 195 g/mol. The molecule has 0 heterocycles. The summed E-state index contributed by atoms with van der Waals surface area (Å²) >= 11 is 0. The Balaban J connectivity index is 2.63. The Bertz CT molecular complexity index is 299. The summed E-state index contributed by atoms with van der Waals surface area (Å²) in [6.07, 6.45) is 2.04. The molecule has 0 saturated heterocycles. The van der Waals surface area contributed by atoms with E-state index in [1.165, 1.54) is 0 Å². The number of rotatable bonds is 4. The van der Waals surface area contributed by atoms with Gasteiger partial charge in [0.1, 0.15) is 5.75 Å². The minimum atomic E-state index is -0.316. The summed E-state index contributed by atoms with van der Waals surface area (Å²) in [5.74, 6) is 0.0960. The molecular formula is C11H17NO2. The van der Waals surface area contributed by atoms with E-state index in [0.29, 0.717) is 12.1 Å². The number of aliphatic hydroxyl groups is 1. The fraction of sp³-hybridized carbons (Fsp3) is 0.455. The SMILES string of the molecule is CCCC(O)Cc1ccc(O)c(N)c1. The first-order valence-electron chi connectivity index (χ1n) is 4.89. The van der Waals surface area contributed by atoms with E-state index >= 15 is 0 Å². The molecule has 0 aliphatic carbocycles. The van der Waals surface area contributed by atoms with Crippen LogP contribution in [0.1, 0.15) is 25.3 Å². The van der Waals surface area contributed by atoms with Gasteiger partial charge in [0.25, 0.3) is 0 Å². The number of phenols is 1. The normalized spacial score (nSPS) is 12.7. The van der Waals surface area contributed by atoms with Crippen LogP contribution in [0, 0.1) is 0 Å². The van der Waals surface area contributed by atoms with Gasteiger partial charge in [0.05, 0.1) is 11.8 Å². The Kier molecular flexibility index (Phi) is 3.77. The molecular weight excluding hydrogens is 178 g/mol. The van der Waals surface area contributed by atoms with Gasteiger partial charge in [-0.05, 0) is 30.5 Å². The first-order chi connectivity index (χ1) is 6.63. The summed E-state index contributed by atoms with van der Waals surface area (Å²) in [5, 5.41) is 18.8. The number of nitrogen functional groups attached to an aromatic ring is 1. The summed E-state index contributed by atoms with van der Waals surface area (Å²) < 4.78 is 0. The highest BCUT2D eigenvalue weighted by molar-refractivity contribution is 5.53. The molecule has 14 heavy (non-hydrogen) atoms. The van der Waals surface area contributed by atoms with Crippen LogP contribution in [0.15, 0.2) is 18.2 Å². The fourth-order valence-electron chi connectivity index (χ4n) is 1.44. The van der Waals surface area contributed by atoms with Crippen LogP contribution in [0.4, 0.5) is 5.69 Å². The van der Waals surface area contributed by atoms with Crippen molar-refractivity contribution in [1.29, 1.82) is 0 Å². The number of benzene rings is 1. The smallest absolute Gasteiger partial charge is 0.138 e. The highest BCUT2D eigenvalue weighted by atomic mass is 16.3. The zero-order valence-electron chi connectivity index (χ0n) is 8.40. The Morgan fingerprint density at radius 2 is 2.14 bits per heavy atom. The number of hydrogen-bond acceptors (Lipinski definition) is 3. The summed E-state index contributed by atoms with van der Waals surface area (Å²) in [6.45, 7) is 2.04. The molecule has 3 heteroatoms. The molecule has 0 radical (unpaired) electrons. The predicted molar refractivity (Wildman–Crippen MR) is 57.1 cm³/mol. The lowest BCUT2D eigenvalue weighted by molar-refractivity contribution is 0.164. The number of nitrogens with two attached hydrogens (primary N) is 1. The van der Waals surface area contributed by atoms with Crippen molar-refractivity contribution in [1.82, 2.24) is 0 Å². The van der Waals surface area contributed by atoms with Crippen LogP contribution in [-0.2, 0) is 6.42 Å². The van der Waals surface area contributed by atoms with Crippen LogP contribution in [0.3, 0.4) is 0 Å². The van der Waals surface area contributed by atoms with E-state index in [-0.39, 0.29) is 11.9 Å². The third kappa shape index (κ3) is 2.92. The lowest BCUT2D eigenvalue weighted by atomic mass is 10.0. The van der Waals surface area contributed by atoms with Gasteiger partial charge < -0.3 is 15.9 Å². The maximum Gasteiger partial charge on any atom is 0.138 e. The Hall–Kier alpha value is -1.22. The number of phenolic OH excluding ortho intramolecular Hbond substituents is 1. The van der Waals surface area contributed by atoms with Crippen molar-refractivity contribution in [2.75, 3.05) is 5.73 Å². The minimum absolute atomic E-state index is 0.0960. The lowest BCUT2D eigenvalue weighted by Gasteiger charge is -2.09. The summed E-state index contributed by atoms with van der Waals surface area (Å²) in [6, 6.07) is 5.04. The molecule has 0 bridgehead atoms. The van der Waals surface area contributed by atoms with Crippen LogP contribution >= 0.6 is 0 Å². The van der Waals surface area contributed by atoms with Gasteiger partial charge in [-0.2, -0.15) is 0 Å². The molecule has 1 aromatic carbocycles. The zero-order valence-corrected chi connectivity index (χ0v) is 8.40. The third-order valence-electron chi connectivity index (χ3n) is 2.19. The molecule has 0 aromatic heterocycles.